The Labute approximate surface area is 115 Å². The molecule has 1 aliphatic rings. The molecule has 0 saturated heterocycles. The molecular weight excluding hydrogens is 244 g/mol. The first-order valence-electron chi connectivity index (χ1n) is 7.20. The van der Waals surface area contributed by atoms with Crippen molar-refractivity contribution in [3.63, 3.8) is 0 Å². The second kappa shape index (κ2) is 6.78. The molecule has 1 saturated carbocycles. The number of aliphatic carboxylic acids is 1. The number of carbonyl (C=O) groups is 2. The number of urea groups is 1. The van der Waals surface area contributed by atoms with Crippen molar-refractivity contribution in [1.82, 2.24) is 10.6 Å². The number of carboxylic acids is 1. The van der Waals surface area contributed by atoms with E-state index in [4.69, 9.17) is 5.11 Å². The van der Waals surface area contributed by atoms with Gasteiger partial charge in [-0.15, -0.1) is 0 Å². The molecule has 0 aromatic heterocycles. The van der Waals surface area contributed by atoms with Crippen LogP contribution in [0.3, 0.4) is 0 Å². The Bertz CT molecular complexity index is 327. The van der Waals surface area contributed by atoms with Crippen LogP contribution in [0.5, 0.6) is 0 Å². The zero-order valence-corrected chi connectivity index (χ0v) is 12.2. The predicted octanol–water partition coefficient (Wildman–Crippen LogP) is 2.37. The van der Waals surface area contributed by atoms with E-state index in [2.05, 4.69) is 10.6 Å². The number of hydrogen-bond acceptors (Lipinski definition) is 2. The molecule has 5 nitrogen and oxygen atoms in total. The molecule has 110 valence electrons. The Morgan fingerprint density at radius 1 is 1.26 bits per heavy atom. The third-order valence-corrected chi connectivity index (χ3v) is 4.48. The zero-order valence-electron chi connectivity index (χ0n) is 12.2. The molecule has 19 heavy (non-hydrogen) atoms. The number of carbonyl (C=O) groups excluding carboxylic acids is 1. The molecule has 0 spiro atoms. The van der Waals surface area contributed by atoms with Gasteiger partial charge in [-0.1, -0.05) is 20.3 Å². The summed E-state index contributed by atoms with van der Waals surface area (Å²) in [5, 5.41) is 14.9. The predicted molar refractivity (Wildman–Crippen MR) is 74.0 cm³/mol. The topological polar surface area (TPSA) is 78.4 Å². The van der Waals surface area contributed by atoms with Gasteiger partial charge in [0.05, 0.1) is 5.92 Å². The Balaban J connectivity index is 2.40. The summed E-state index contributed by atoms with van der Waals surface area (Å²) in [5.41, 5.74) is -0.189. The van der Waals surface area contributed by atoms with Gasteiger partial charge in [-0.2, -0.15) is 0 Å². The number of carboxylic acid groups (broad SMARTS) is 1. The normalized spacial score (nSPS) is 23.1. The highest BCUT2D eigenvalue weighted by Gasteiger charge is 2.33. The SMILES string of the molecule is CCC(C)(CC)NC(=O)NCC1CCCC1C(=O)O. The van der Waals surface area contributed by atoms with Gasteiger partial charge < -0.3 is 15.7 Å². The first-order chi connectivity index (χ1) is 8.91. The van der Waals surface area contributed by atoms with Crippen molar-refractivity contribution in [2.24, 2.45) is 11.8 Å². The highest BCUT2D eigenvalue weighted by atomic mass is 16.4. The minimum Gasteiger partial charge on any atom is -0.481 e. The molecule has 1 aliphatic carbocycles. The molecule has 2 unspecified atom stereocenters. The van der Waals surface area contributed by atoms with Crippen molar-refractivity contribution in [2.45, 2.75) is 58.4 Å². The van der Waals surface area contributed by atoms with Crippen molar-refractivity contribution in [3.8, 4) is 0 Å². The summed E-state index contributed by atoms with van der Waals surface area (Å²) in [5.74, 6) is -0.974. The van der Waals surface area contributed by atoms with Gasteiger partial charge in [-0.3, -0.25) is 4.79 Å². The van der Waals surface area contributed by atoms with Gasteiger partial charge in [0.2, 0.25) is 0 Å². The van der Waals surface area contributed by atoms with Gasteiger partial charge in [0, 0.05) is 12.1 Å². The van der Waals surface area contributed by atoms with Gasteiger partial charge in [-0.25, -0.2) is 4.79 Å². The van der Waals surface area contributed by atoms with E-state index < -0.39 is 5.97 Å². The van der Waals surface area contributed by atoms with Crippen molar-refractivity contribution in [2.75, 3.05) is 6.54 Å². The number of rotatable bonds is 6. The van der Waals surface area contributed by atoms with Crippen LogP contribution in [0.15, 0.2) is 0 Å². The third-order valence-electron chi connectivity index (χ3n) is 4.48. The van der Waals surface area contributed by atoms with Crippen LogP contribution in [-0.2, 0) is 4.79 Å². The van der Waals surface area contributed by atoms with Gasteiger partial charge in [0.15, 0.2) is 0 Å². The van der Waals surface area contributed by atoms with Gasteiger partial charge in [0.1, 0.15) is 0 Å². The second-order valence-electron chi connectivity index (χ2n) is 5.74. The maximum atomic E-state index is 11.8. The maximum Gasteiger partial charge on any atom is 0.315 e. The fraction of sp³-hybridized carbons (Fsp3) is 0.857. The summed E-state index contributed by atoms with van der Waals surface area (Å²) in [6, 6.07) is -0.192. The molecule has 1 rings (SSSR count). The van der Waals surface area contributed by atoms with E-state index in [0.717, 1.165) is 32.1 Å². The highest BCUT2D eigenvalue weighted by Crippen LogP contribution is 2.31. The van der Waals surface area contributed by atoms with Crippen LogP contribution in [0.25, 0.3) is 0 Å². The average molecular weight is 270 g/mol. The van der Waals surface area contributed by atoms with E-state index in [1.54, 1.807) is 0 Å². The van der Waals surface area contributed by atoms with Gasteiger partial charge >= 0.3 is 12.0 Å². The first kappa shape index (κ1) is 15.8. The molecular formula is C14H26N2O3. The van der Waals surface area contributed by atoms with Crippen LogP contribution < -0.4 is 10.6 Å². The smallest absolute Gasteiger partial charge is 0.315 e. The van der Waals surface area contributed by atoms with Gasteiger partial charge in [0.25, 0.3) is 0 Å². The lowest BCUT2D eigenvalue weighted by molar-refractivity contribution is -0.142. The third kappa shape index (κ3) is 4.40. The summed E-state index contributed by atoms with van der Waals surface area (Å²) < 4.78 is 0. The molecule has 0 bridgehead atoms. The Morgan fingerprint density at radius 2 is 1.89 bits per heavy atom. The molecule has 0 aliphatic heterocycles. The maximum absolute atomic E-state index is 11.8. The first-order valence-corrected chi connectivity index (χ1v) is 7.20. The van der Waals surface area contributed by atoms with Crippen molar-refractivity contribution < 1.29 is 14.7 Å². The highest BCUT2D eigenvalue weighted by molar-refractivity contribution is 5.75. The lowest BCUT2D eigenvalue weighted by Crippen LogP contribution is -2.50. The van der Waals surface area contributed by atoms with E-state index in [9.17, 15) is 9.59 Å². The average Bonchev–Trinajstić information content (AvgIpc) is 2.84. The van der Waals surface area contributed by atoms with Crippen LogP contribution in [0.4, 0.5) is 4.79 Å². The molecule has 0 aromatic carbocycles. The van der Waals surface area contributed by atoms with Crippen LogP contribution in [0.2, 0.25) is 0 Å². The Kier molecular flexibility index (Phi) is 5.63. The van der Waals surface area contributed by atoms with E-state index >= 15 is 0 Å². The quantitative estimate of drug-likeness (QED) is 0.693. The molecule has 5 heteroatoms. The molecule has 0 aromatic rings. The molecule has 1 fully saturated rings. The van der Waals surface area contributed by atoms with Crippen LogP contribution >= 0.6 is 0 Å². The summed E-state index contributed by atoms with van der Waals surface area (Å²) in [7, 11) is 0. The van der Waals surface area contributed by atoms with Crippen LogP contribution in [0.1, 0.15) is 52.9 Å². The fourth-order valence-corrected chi connectivity index (χ4v) is 2.58. The fourth-order valence-electron chi connectivity index (χ4n) is 2.58. The molecule has 0 radical (unpaired) electrons. The van der Waals surface area contributed by atoms with Crippen LogP contribution in [0, 0.1) is 11.8 Å². The number of nitrogens with one attached hydrogen (secondary N) is 2. The second-order valence-corrected chi connectivity index (χ2v) is 5.74. The Morgan fingerprint density at radius 3 is 2.42 bits per heavy atom. The molecule has 2 amide bonds. The summed E-state index contributed by atoms with van der Waals surface area (Å²) in [4.78, 5) is 22.9. The number of amides is 2. The van der Waals surface area contributed by atoms with E-state index in [1.165, 1.54) is 0 Å². The standard InChI is InChI=1S/C14H26N2O3/c1-4-14(3,5-2)16-13(19)15-9-10-7-6-8-11(10)12(17)18/h10-11H,4-9H2,1-3H3,(H,17,18)(H2,15,16,19). The number of hydrogen-bond donors (Lipinski definition) is 3. The van der Waals surface area contributed by atoms with Crippen LogP contribution in [-0.4, -0.2) is 29.2 Å². The summed E-state index contributed by atoms with van der Waals surface area (Å²) in [6.45, 7) is 6.55. The monoisotopic (exact) mass is 270 g/mol. The van der Waals surface area contributed by atoms with Crippen molar-refractivity contribution >= 4 is 12.0 Å². The summed E-state index contributed by atoms with van der Waals surface area (Å²) >= 11 is 0. The van der Waals surface area contributed by atoms with E-state index in [-0.39, 0.29) is 23.4 Å². The molecule has 0 heterocycles. The van der Waals surface area contributed by atoms with Crippen molar-refractivity contribution in [3.05, 3.63) is 0 Å². The lowest BCUT2D eigenvalue weighted by Gasteiger charge is -2.28. The van der Waals surface area contributed by atoms with Gasteiger partial charge in [-0.05, 0) is 38.5 Å². The largest absolute Gasteiger partial charge is 0.481 e. The molecule has 3 N–H and O–H groups in total. The minimum absolute atomic E-state index is 0.0674. The minimum atomic E-state index is -0.739. The lowest BCUT2D eigenvalue weighted by atomic mass is 9.95. The zero-order chi connectivity index (χ0) is 14.5. The Hall–Kier alpha value is -1.26. The summed E-state index contributed by atoms with van der Waals surface area (Å²) in [6.07, 6.45) is 4.30. The molecule has 2 atom stereocenters. The van der Waals surface area contributed by atoms with E-state index in [1.807, 2.05) is 20.8 Å². The van der Waals surface area contributed by atoms with Crippen molar-refractivity contribution in [1.29, 1.82) is 0 Å². The van der Waals surface area contributed by atoms with E-state index in [0.29, 0.717) is 6.54 Å².